The van der Waals surface area contributed by atoms with E-state index in [1.165, 1.54) is 0 Å². The van der Waals surface area contributed by atoms with Crippen LogP contribution >= 0.6 is 0 Å². The highest BCUT2D eigenvalue weighted by atomic mass is 16.3. The van der Waals surface area contributed by atoms with E-state index in [0.29, 0.717) is 32.5 Å². The standard InChI is InChI=1S/C20H27N3O6/c1-11(2)23-10-13(9-17(23)26)20(29)22-5-3-14(4-6-22)21-19(28)12-7-15(24)18(27)16(25)8-12/h7-8,11,13-14,24-25,27H,3-6,9-10H2,1-2H3,(H,21,28). The normalized spacial score (nSPS) is 20.4. The van der Waals surface area contributed by atoms with Crippen LogP contribution in [0.25, 0.3) is 0 Å². The molecule has 0 saturated carbocycles. The molecule has 0 radical (unpaired) electrons. The minimum atomic E-state index is -0.671. The molecule has 29 heavy (non-hydrogen) atoms. The molecular formula is C20H27N3O6. The Labute approximate surface area is 168 Å². The topological polar surface area (TPSA) is 130 Å². The summed E-state index contributed by atoms with van der Waals surface area (Å²) in [5, 5.41) is 31.3. The summed E-state index contributed by atoms with van der Waals surface area (Å²) in [5.74, 6) is -2.60. The molecule has 3 amide bonds. The van der Waals surface area contributed by atoms with Gasteiger partial charge in [0.2, 0.25) is 11.8 Å². The summed E-state index contributed by atoms with van der Waals surface area (Å²) in [6, 6.07) is 2.10. The fourth-order valence-electron chi connectivity index (χ4n) is 3.90. The number of nitrogens with zero attached hydrogens (tertiary/aromatic N) is 2. The minimum Gasteiger partial charge on any atom is -0.504 e. The van der Waals surface area contributed by atoms with E-state index >= 15 is 0 Å². The number of hydrogen-bond donors (Lipinski definition) is 4. The third kappa shape index (κ3) is 4.38. The number of phenols is 3. The van der Waals surface area contributed by atoms with Crippen molar-refractivity contribution in [2.45, 2.75) is 45.2 Å². The number of hydrogen-bond acceptors (Lipinski definition) is 6. The first-order chi connectivity index (χ1) is 13.7. The van der Waals surface area contributed by atoms with Gasteiger partial charge in [-0.25, -0.2) is 0 Å². The molecule has 1 unspecified atom stereocenters. The fraction of sp³-hybridized carbons (Fsp3) is 0.550. The number of rotatable bonds is 4. The molecule has 2 heterocycles. The van der Waals surface area contributed by atoms with Gasteiger partial charge >= 0.3 is 0 Å². The van der Waals surface area contributed by atoms with Crippen LogP contribution in [0.3, 0.4) is 0 Å². The number of carbonyl (C=O) groups is 3. The van der Waals surface area contributed by atoms with Crippen LogP contribution in [0.2, 0.25) is 0 Å². The number of aromatic hydroxyl groups is 3. The Bertz CT molecular complexity index is 793. The quantitative estimate of drug-likeness (QED) is 0.548. The number of benzene rings is 1. The van der Waals surface area contributed by atoms with Gasteiger partial charge in [-0.15, -0.1) is 0 Å². The van der Waals surface area contributed by atoms with Crippen LogP contribution in [0.5, 0.6) is 17.2 Å². The first kappa shape index (κ1) is 20.8. The number of nitrogens with one attached hydrogen (secondary N) is 1. The van der Waals surface area contributed by atoms with Crippen LogP contribution in [0, 0.1) is 5.92 Å². The molecule has 0 bridgehead atoms. The van der Waals surface area contributed by atoms with Crippen LogP contribution in [0.1, 0.15) is 43.5 Å². The summed E-state index contributed by atoms with van der Waals surface area (Å²) in [7, 11) is 0. The van der Waals surface area contributed by atoms with Gasteiger partial charge in [0.15, 0.2) is 17.2 Å². The minimum absolute atomic E-state index is 0.0142. The van der Waals surface area contributed by atoms with E-state index in [0.717, 1.165) is 12.1 Å². The second-order valence-corrected chi connectivity index (χ2v) is 7.98. The first-order valence-electron chi connectivity index (χ1n) is 9.81. The number of phenolic OH excluding ortho intramolecular Hbond substituents is 3. The number of likely N-dealkylation sites (tertiary alicyclic amines) is 2. The second-order valence-electron chi connectivity index (χ2n) is 7.98. The zero-order chi connectivity index (χ0) is 21.3. The third-order valence-electron chi connectivity index (χ3n) is 5.60. The Morgan fingerprint density at radius 1 is 1.10 bits per heavy atom. The Hall–Kier alpha value is -2.97. The number of piperidine rings is 1. The smallest absolute Gasteiger partial charge is 0.251 e. The Balaban J connectivity index is 1.52. The summed E-state index contributed by atoms with van der Waals surface area (Å²) in [5.41, 5.74) is 0.0366. The lowest BCUT2D eigenvalue weighted by Gasteiger charge is -2.34. The van der Waals surface area contributed by atoms with E-state index in [-0.39, 0.29) is 41.8 Å². The summed E-state index contributed by atoms with van der Waals surface area (Å²) < 4.78 is 0. The molecule has 1 aromatic carbocycles. The summed E-state index contributed by atoms with van der Waals surface area (Å²) >= 11 is 0. The molecular weight excluding hydrogens is 378 g/mol. The van der Waals surface area contributed by atoms with Crippen molar-refractivity contribution in [3.63, 3.8) is 0 Å². The highest BCUT2D eigenvalue weighted by Crippen LogP contribution is 2.35. The molecule has 0 aliphatic carbocycles. The van der Waals surface area contributed by atoms with E-state index in [4.69, 9.17) is 0 Å². The molecule has 2 aliphatic heterocycles. The lowest BCUT2D eigenvalue weighted by atomic mass is 10.0. The van der Waals surface area contributed by atoms with Crippen molar-refractivity contribution in [3.8, 4) is 17.2 Å². The Morgan fingerprint density at radius 2 is 1.69 bits per heavy atom. The summed E-state index contributed by atoms with van der Waals surface area (Å²) in [4.78, 5) is 40.6. The van der Waals surface area contributed by atoms with Gasteiger partial charge in [0.05, 0.1) is 5.92 Å². The predicted molar refractivity (Wildman–Crippen MR) is 103 cm³/mol. The monoisotopic (exact) mass is 405 g/mol. The van der Waals surface area contributed by atoms with Crippen LogP contribution in [-0.2, 0) is 9.59 Å². The van der Waals surface area contributed by atoms with Gasteiger partial charge in [-0.1, -0.05) is 0 Å². The highest BCUT2D eigenvalue weighted by Gasteiger charge is 2.38. The average molecular weight is 405 g/mol. The van der Waals surface area contributed by atoms with Crippen molar-refractivity contribution in [3.05, 3.63) is 17.7 Å². The zero-order valence-corrected chi connectivity index (χ0v) is 16.6. The Morgan fingerprint density at radius 3 is 2.21 bits per heavy atom. The van der Waals surface area contributed by atoms with Gasteiger partial charge in [-0.05, 0) is 38.8 Å². The summed E-state index contributed by atoms with van der Waals surface area (Å²) in [6.45, 7) is 5.31. The Kier molecular flexibility index (Phi) is 5.86. The first-order valence-corrected chi connectivity index (χ1v) is 9.81. The predicted octanol–water partition coefficient (Wildman–Crippen LogP) is 0.781. The van der Waals surface area contributed by atoms with Gasteiger partial charge in [-0.2, -0.15) is 0 Å². The number of amides is 3. The van der Waals surface area contributed by atoms with Gasteiger partial charge in [0, 0.05) is 43.7 Å². The van der Waals surface area contributed by atoms with Crippen LogP contribution in [-0.4, -0.2) is 74.6 Å². The van der Waals surface area contributed by atoms with Crippen molar-refractivity contribution < 1.29 is 29.7 Å². The molecule has 0 aromatic heterocycles. The van der Waals surface area contributed by atoms with Crippen LogP contribution in [0.4, 0.5) is 0 Å². The molecule has 4 N–H and O–H groups in total. The van der Waals surface area contributed by atoms with Crippen LogP contribution in [0.15, 0.2) is 12.1 Å². The maximum absolute atomic E-state index is 12.8. The molecule has 2 saturated heterocycles. The molecule has 2 aliphatic rings. The highest BCUT2D eigenvalue weighted by molar-refractivity contribution is 5.95. The SMILES string of the molecule is CC(C)N1CC(C(=O)N2CCC(NC(=O)c3cc(O)c(O)c(O)c3)CC2)CC1=O. The fourth-order valence-corrected chi connectivity index (χ4v) is 3.90. The molecule has 9 nitrogen and oxygen atoms in total. The van der Waals surface area contributed by atoms with Crippen molar-refractivity contribution in [2.24, 2.45) is 5.92 Å². The van der Waals surface area contributed by atoms with Gasteiger partial charge in [0.1, 0.15) is 0 Å². The third-order valence-corrected chi connectivity index (χ3v) is 5.60. The maximum atomic E-state index is 12.8. The van der Waals surface area contributed by atoms with E-state index < -0.39 is 23.2 Å². The van der Waals surface area contributed by atoms with Gasteiger partial charge in [0.25, 0.3) is 5.91 Å². The lowest BCUT2D eigenvalue weighted by Crippen LogP contribution is -2.48. The van der Waals surface area contributed by atoms with Crippen LogP contribution < -0.4 is 5.32 Å². The van der Waals surface area contributed by atoms with Crippen molar-refractivity contribution in [2.75, 3.05) is 19.6 Å². The molecule has 1 atom stereocenters. The largest absolute Gasteiger partial charge is 0.504 e. The average Bonchev–Trinajstić information content (AvgIpc) is 3.07. The molecule has 3 rings (SSSR count). The summed E-state index contributed by atoms with van der Waals surface area (Å²) in [6.07, 6.45) is 1.39. The molecule has 9 heteroatoms. The van der Waals surface area contributed by atoms with Crippen molar-refractivity contribution in [1.82, 2.24) is 15.1 Å². The van der Waals surface area contributed by atoms with Crippen molar-refractivity contribution >= 4 is 17.7 Å². The molecule has 1 aromatic rings. The van der Waals surface area contributed by atoms with Gasteiger partial charge < -0.3 is 30.4 Å². The zero-order valence-electron chi connectivity index (χ0n) is 16.6. The molecule has 0 spiro atoms. The molecule has 158 valence electrons. The van der Waals surface area contributed by atoms with Gasteiger partial charge in [-0.3, -0.25) is 14.4 Å². The van der Waals surface area contributed by atoms with E-state index in [9.17, 15) is 29.7 Å². The maximum Gasteiger partial charge on any atom is 0.251 e. The van der Waals surface area contributed by atoms with E-state index in [1.54, 1.807) is 9.80 Å². The lowest BCUT2D eigenvalue weighted by molar-refractivity contribution is -0.136. The van der Waals surface area contributed by atoms with E-state index in [2.05, 4.69) is 5.32 Å². The van der Waals surface area contributed by atoms with E-state index in [1.807, 2.05) is 13.8 Å². The van der Waals surface area contributed by atoms with Crippen molar-refractivity contribution in [1.29, 1.82) is 0 Å². The molecule has 2 fully saturated rings. The second kappa shape index (κ2) is 8.18. The number of carbonyl (C=O) groups excluding carboxylic acids is 3.